The molecule has 0 spiro atoms. The second kappa shape index (κ2) is 12.3. The Labute approximate surface area is 254 Å². The predicted octanol–water partition coefficient (Wildman–Crippen LogP) is 3.50. The van der Waals surface area contributed by atoms with E-state index in [9.17, 15) is 14.4 Å². The van der Waals surface area contributed by atoms with Crippen molar-refractivity contribution in [1.82, 2.24) is 20.3 Å². The van der Waals surface area contributed by atoms with Crippen molar-refractivity contribution in [1.29, 1.82) is 0 Å². The van der Waals surface area contributed by atoms with E-state index in [4.69, 9.17) is 14.2 Å². The van der Waals surface area contributed by atoms with Crippen molar-refractivity contribution in [3.8, 4) is 11.5 Å². The number of benzene rings is 3. The standard InChI is InChI=1S/C32H34N6O6/c1-20(39)24-15-28-29(44-19-43-28)16-27(24)38(30(40)18-37-26-9-5-4-8-25(26)34-35-37)31(21-10-12-22(13-11-21)36(2)3)32(41)33-17-23-7-6-14-42-23/h4-5,8-13,15-16,23,31H,6-7,14,17-19H2,1-3H3,(H,33,41). The van der Waals surface area contributed by atoms with Gasteiger partial charge in [0, 0.05) is 44.6 Å². The summed E-state index contributed by atoms with van der Waals surface area (Å²) in [6, 6.07) is 16.7. The molecule has 1 saturated heterocycles. The van der Waals surface area contributed by atoms with Crippen LogP contribution in [0.5, 0.6) is 11.5 Å². The van der Waals surface area contributed by atoms with Gasteiger partial charge in [0.05, 0.1) is 17.3 Å². The Balaban J connectivity index is 1.48. The molecular weight excluding hydrogens is 564 g/mol. The Morgan fingerprint density at radius 2 is 1.80 bits per heavy atom. The van der Waals surface area contributed by atoms with E-state index in [1.807, 2.05) is 61.5 Å². The molecule has 3 aromatic carbocycles. The third-order valence-corrected chi connectivity index (χ3v) is 7.86. The van der Waals surface area contributed by atoms with Crippen LogP contribution in [0.3, 0.4) is 0 Å². The van der Waals surface area contributed by atoms with Gasteiger partial charge in [0.1, 0.15) is 18.1 Å². The number of nitrogens with one attached hydrogen (secondary N) is 1. The Hall–Kier alpha value is -4.97. The van der Waals surface area contributed by atoms with Crippen LogP contribution in [0.2, 0.25) is 0 Å². The summed E-state index contributed by atoms with van der Waals surface area (Å²) in [5.41, 5.74) is 3.21. The van der Waals surface area contributed by atoms with Crippen LogP contribution in [0.15, 0.2) is 60.7 Å². The molecule has 2 atom stereocenters. The molecule has 1 N–H and O–H groups in total. The number of carbonyl (C=O) groups excluding carboxylic acids is 3. The van der Waals surface area contributed by atoms with Crippen LogP contribution in [0.4, 0.5) is 11.4 Å². The van der Waals surface area contributed by atoms with Gasteiger partial charge in [-0.2, -0.15) is 0 Å². The second-order valence-corrected chi connectivity index (χ2v) is 11.0. The van der Waals surface area contributed by atoms with Gasteiger partial charge in [0.15, 0.2) is 17.3 Å². The fraction of sp³-hybridized carbons (Fsp3) is 0.344. The van der Waals surface area contributed by atoms with Gasteiger partial charge in [0.2, 0.25) is 18.6 Å². The molecule has 12 heteroatoms. The van der Waals surface area contributed by atoms with Crippen LogP contribution < -0.4 is 24.6 Å². The van der Waals surface area contributed by atoms with Crippen LogP contribution in [-0.4, -0.2) is 72.7 Å². The van der Waals surface area contributed by atoms with Gasteiger partial charge in [-0.25, -0.2) is 4.68 Å². The highest BCUT2D eigenvalue weighted by Crippen LogP contribution is 2.41. The van der Waals surface area contributed by atoms with Crippen molar-refractivity contribution in [2.45, 2.75) is 38.5 Å². The number of ether oxygens (including phenoxy) is 3. The molecule has 4 aromatic rings. The molecule has 2 amide bonds. The first-order valence-electron chi connectivity index (χ1n) is 14.5. The number of Topliss-reactive ketones (excluding diaryl/α,β-unsaturated/α-hetero) is 1. The molecule has 2 aliphatic heterocycles. The van der Waals surface area contributed by atoms with Gasteiger partial charge >= 0.3 is 0 Å². The van der Waals surface area contributed by atoms with E-state index in [-0.39, 0.29) is 36.5 Å². The highest BCUT2D eigenvalue weighted by molar-refractivity contribution is 6.08. The molecule has 1 fully saturated rings. The Morgan fingerprint density at radius 1 is 1.05 bits per heavy atom. The molecule has 1 aromatic heterocycles. The smallest absolute Gasteiger partial charge is 0.249 e. The van der Waals surface area contributed by atoms with E-state index in [2.05, 4.69) is 15.6 Å². The molecule has 6 rings (SSSR count). The van der Waals surface area contributed by atoms with E-state index < -0.39 is 17.9 Å². The predicted molar refractivity (Wildman–Crippen MR) is 163 cm³/mol. The molecule has 0 saturated carbocycles. The van der Waals surface area contributed by atoms with Gasteiger partial charge in [-0.05, 0) is 55.7 Å². The molecule has 0 radical (unpaired) electrons. The summed E-state index contributed by atoms with van der Waals surface area (Å²) in [5.74, 6) is -0.430. The summed E-state index contributed by atoms with van der Waals surface area (Å²) >= 11 is 0. The summed E-state index contributed by atoms with van der Waals surface area (Å²) in [5, 5.41) is 11.4. The fourth-order valence-electron chi connectivity index (χ4n) is 5.56. The average Bonchev–Trinajstić information content (AvgIpc) is 3.80. The number of ketones is 1. The minimum atomic E-state index is -1.15. The summed E-state index contributed by atoms with van der Waals surface area (Å²) in [4.78, 5) is 45.1. The minimum absolute atomic E-state index is 0.0215. The van der Waals surface area contributed by atoms with E-state index >= 15 is 0 Å². The van der Waals surface area contributed by atoms with Gasteiger partial charge < -0.3 is 24.4 Å². The molecule has 44 heavy (non-hydrogen) atoms. The van der Waals surface area contributed by atoms with Crippen molar-refractivity contribution in [2.75, 3.05) is 43.8 Å². The lowest BCUT2D eigenvalue weighted by atomic mass is 9.99. The van der Waals surface area contributed by atoms with Crippen LogP contribution in [0.1, 0.15) is 41.7 Å². The van der Waals surface area contributed by atoms with E-state index in [0.717, 1.165) is 18.5 Å². The van der Waals surface area contributed by atoms with Crippen molar-refractivity contribution in [3.05, 3.63) is 71.8 Å². The zero-order valence-corrected chi connectivity index (χ0v) is 24.9. The highest BCUT2D eigenvalue weighted by atomic mass is 16.7. The number of fused-ring (bicyclic) bond motifs is 2. The van der Waals surface area contributed by atoms with Crippen LogP contribution in [-0.2, 0) is 20.9 Å². The molecule has 0 aliphatic carbocycles. The third-order valence-electron chi connectivity index (χ3n) is 7.86. The molecule has 3 heterocycles. The lowest BCUT2D eigenvalue weighted by molar-refractivity contribution is -0.127. The number of aromatic nitrogens is 3. The minimum Gasteiger partial charge on any atom is -0.454 e. The Morgan fingerprint density at radius 3 is 2.50 bits per heavy atom. The lowest BCUT2D eigenvalue weighted by Gasteiger charge is -2.33. The molecule has 0 bridgehead atoms. The van der Waals surface area contributed by atoms with Crippen LogP contribution in [0.25, 0.3) is 11.0 Å². The van der Waals surface area contributed by atoms with E-state index in [1.165, 1.54) is 16.5 Å². The maximum atomic E-state index is 14.5. The van der Waals surface area contributed by atoms with Crippen LogP contribution in [0, 0.1) is 0 Å². The molecule has 2 aliphatic rings. The zero-order chi connectivity index (χ0) is 30.8. The number of rotatable bonds is 10. The van der Waals surface area contributed by atoms with Gasteiger partial charge in [-0.15, -0.1) is 5.10 Å². The average molecular weight is 599 g/mol. The van der Waals surface area contributed by atoms with Crippen molar-refractivity contribution in [2.24, 2.45) is 0 Å². The zero-order valence-electron chi connectivity index (χ0n) is 24.9. The number of amides is 2. The molecule has 2 unspecified atom stereocenters. The molecule has 228 valence electrons. The van der Waals surface area contributed by atoms with Gasteiger partial charge in [-0.3, -0.25) is 19.3 Å². The SMILES string of the molecule is CC(=O)c1cc2c(cc1N(C(=O)Cn1nnc3ccccc31)C(C(=O)NCC1CCCO1)c1ccc(N(C)C)cc1)OCO2. The van der Waals surface area contributed by atoms with Crippen molar-refractivity contribution >= 4 is 40.0 Å². The first-order valence-corrected chi connectivity index (χ1v) is 14.5. The Bertz CT molecular complexity index is 1700. The summed E-state index contributed by atoms with van der Waals surface area (Å²) in [7, 11) is 3.84. The summed E-state index contributed by atoms with van der Waals surface area (Å²) < 4.78 is 18.4. The lowest BCUT2D eigenvalue weighted by Crippen LogP contribution is -2.47. The molecular formula is C32H34N6O6. The second-order valence-electron chi connectivity index (χ2n) is 11.0. The maximum absolute atomic E-state index is 14.5. The Kier molecular flexibility index (Phi) is 8.16. The number of anilines is 2. The van der Waals surface area contributed by atoms with Crippen LogP contribution >= 0.6 is 0 Å². The topological polar surface area (TPSA) is 128 Å². The van der Waals surface area contributed by atoms with Crippen molar-refractivity contribution < 1.29 is 28.6 Å². The van der Waals surface area contributed by atoms with Gasteiger partial charge in [0.25, 0.3) is 0 Å². The van der Waals surface area contributed by atoms with E-state index in [1.54, 1.807) is 18.2 Å². The van der Waals surface area contributed by atoms with E-state index in [0.29, 0.717) is 41.2 Å². The van der Waals surface area contributed by atoms with Crippen molar-refractivity contribution in [3.63, 3.8) is 0 Å². The third kappa shape index (κ3) is 5.80. The van der Waals surface area contributed by atoms with Gasteiger partial charge in [-0.1, -0.05) is 29.5 Å². The summed E-state index contributed by atoms with van der Waals surface area (Å²) in [6.45, 7) is 2.09. The number of nitrogens with zero attached hydrogens (tertiary/aromatic N) is 5. The largest absolute Gasteiger partial charge is 0.454 e. The first-order chi connectivity index (χ1) is 21.3. The maximum Gasteiger partial charge on any atom is 0.249 e. The highest BCUT2D eigenvalue weighted by Gasteiger charge is 2.37. The summed E-state index contributed by atoms with van der Waals surface area (Å²) in [6.07, 6.45) is 1.65. The quantitative estimate of drug-likeness (QED) is 0.273. The monoisotopic (exact) mass is 598 g/mol. The number of hydrogen-bond acceptors (Lipinski definition) is 9. The number of hydrogen-bond donors (Lipinski definition) is 1. The fourth-order valence-corrected chi connectivity index (χ4v) is 5.56. The first kappa shape index (κ1) is 29.1. The molecule has 12 nitrogen and oxygen atoms in total. The number of para-hydroxylation sites is 1. The number of carbonyl (C=O) groups is 3. The normalized spacial score (nSPS) is 16.1.